The lowest BCUT2D eigenvalue weighted by molar-refractivity contribution is 0.211. The van der Waals surface area contributed by atoms with Crippen molar-refractivity contribution < 1.29 is 14.3 Å². The molecule has 4 rings (SSSR count). The summed E-state index contributed by atoms with van der Waals surface area (Å²) in [5, 5.41) is 18.7. The molecule has 0 fully saturated rings. The summed E-state index contributed by atoms with van der Waals surface area (Å²) in [7, 11) is 1.50. The predicted molar refractivity (Wildman–Crippen MR) is 75.5 cm³/mol. The lowest BCUT2D eigenvalue weighted by Gasteiger charge is -1.95. The maximum atomic E-state index is 5.65. The molecule has 2 aliphatic rings. The van der Waals surface area contributed by atoms with Gasteiger partial charge in [-0.2, -0.15) is 10.2 Å². The number of rotatable bonds is 1. The van der Waals surface area contributed by atoms with E-state index >= 15 is 0 Å². The van der Waals surface area contributed by atoms with Crippen molar-refractivity contribution in [3.8, 4) is 11.8 Å². The Bertz CT molecular complexity index is 693. The van der Waals surface area contributed by atoms with Crippen molar-refractivity contribution in [3.05, 3.63) is 35.7 Å². The van der Waals surface area contributed by atoms with Crippen molar-refractivity contribution >= 4 is 5.71 Å². The van der Waals surface area contributed by atoms with E-state index in [-0.39, 0.29) is 6.04 Å². The summed E-state index contributed by atoms with van der Waals surface area (Å²) in [6, 6.07) is 3.61. The van der Waals surface area contributed by atoms with Crippen LogP contribution in [0.3, 0.4) is 0 Å². The van der Waals surface area contributed by atoms with Crippen LogP contribution in [0.5, 0.6) is 11.8 Å². The molecule has 0 aromatic carbocycles. The second-order valence-corrected chi connectivity index (χ2v) is 4.47. The van der Waals surface area contributed by atoms with Crippen LogP contribution in [-0.4, -0.2) is 46.4 Å². The third-order valence-electron chi connectivity index (χ3n) is 3.06. The fourth-order valence-corrected chi connectivity index (χ4v) is 2.03. The Kier molecular flexibility index (Phi) is 4.05. The molecule has 0 radical (unpaired) electrons. The average molecular weight is 302 g/mol. The van der Waals surface area contributed by atoms with Gasteiger partial charge in [0.15, 0.2) is 0 Å². The van der Waals surface area contributed by atoms with E-state index in [9.17, 15) is 0 Å². The van der Waals surface area contributed by atoms with Gasteiger partial charge in [-0.15, -0.1) is 10.2 Å². The number of fused-ring (bicyclic) bond motifs is 2. The molecule has 0 bridgehead atoms. The van der Waals surface area contributed by atoms with Crippen molar-refractivity contribution in [3.63, 3.8) is 0 Å². The molecule has 0 spiro atoms. The quantitative estimate of drug-likeness (QED) is 0.736. The van der Waals surface area contributed by atoms with Gasteiger partial charge in [-0.05, 0) is 12.1 Å². The average Bonchev–Trinajstić information content (AvgIpc) is 3.14. The minimum Gasteiger partial charge on any atom is -0.474 e. The van der Waals surface area contributed by atoms with E-state index in [4.69, 9.17) is 15.2 Å². The second kappa shape index (κ2) is 6.31. The fraction of sp³-hybridized carbons (Fsp3) is 0.308. The zero-order valence-electron chi connectivity index (χ0n) is 11.8. The first kappa shape index (κ1) is 14.1. The Labute approximate surface area is 126 Å². The van der Waals surface area contributed by atoms with E-state index in [1.165, 1.54) is 7.11 Å². The molecule has 2 N–H and O–H groups in total. The van der Waals surface area contributed by atoms with Crippen LogP contribution in [-0.2, 0) is 4.84 Å². The Balaban J connectivity index is 0.000000133. The van der Waals surface area contributed by atoms with Gasteiger partial charge >= 0.3 is 0 Å². The summed E-state index contributed by atoms with van der Waals surface area (Å²) in [6.07, 6.45) is 3.21. The molecule has 2 aromatic heterocycles. The molecular formula is C13H14N6O3. The topological polar surface area (TPSA) is 118 Å². The van der Waals surface area contributed by atoms with Gasteiger partial charge in [-0.3, -0.25) is 0 Å². The number of aromatic nitrogens is 4. The largest absolute Gasteiger partial charge is 0.474 e. The third kappa shape index (κ3) is 2.79. The Morgan fingerprint density at radius 2 is 1.95 bits per heavy atom. The zero-order valence-corrected chi connectivity index (χ0v) is 11.8. The van der Waals surface area contributed by atoms with Crippen LogP contribution < -0.4 is 15.2 Å². The van der Waals surface area contributed by atoms with Crippen molar-refractivity contribution in [2.75, 3.05) is 20.3 Å². The highest BCUT2D eigenvalue weighted by molar-refractivity contribution is 6.05. The third-order valence-corrected chi connectivity index (χ3v) is 3.06. The Morgan fingerprint density at radius 3 is 2.73 bits per heavy atom. The molecule has 2 aliphatic heterocycles. The summed E-state index contributed by atoms with van der Waals surface area (Å²) in [4.78, 5) is 4.64. The van der Waals surface area contributed by atoms with Gasteiger partial charge in [0.25, 0.3) is 0 Å². The Hall–Kier alpha value is -2.81. The van der Waals surface area contributed by atoms with E-state index < -0.39 is 0 Å². The summed E-state index contributed by atoms with van der Waals surface area (Å²) >= 11 is 0. The van der Waals surface area contributed by atoms with Crippen LogP contribution in [0.15, 0.2) is 29.7 Å². The lowest BCUT2D eigenvalue weighted by Crippen LogP contribution is -2.10. The van der Waals surface area contributed by atoms with Crippen molar-refractivity contribution in [2.45, 2.75) is 6.04 Å². The van der Waals surface area contributed by atoms with Crippen LogP contribution in [0.1, 0.15) is 17.2 Å². The monoisotopic (exact) mass is 302 g/mol. The molecule has 1 unspecified atom stereocenters. The standard InChI is InChI=1S/C7H7N3O2.C6H7N3O/c1-11-10-6-4-12-7-5(6)2-3-8-9-7;7-5-3-10-6-4(5)1-2-8-9-6/h2-3H,4H2,1H3;1-2,5H,3,7H2. The van der Waals surface area contributed by atoms with Gasteiger partial charge in [-0.1, -0.05) is 5.16 Å². The lowest BCUT2D eigenvalue weighted by atomic mass is 10.2. The molecule has 2 aromatic rings. The van der Waals surface area contributed by atoms with Gasteiger partial charge in [0.2, 0.25) is 11.8 Å². The number of hydrogen-bond donors (Lipinski definition) is 1. The van der Waals surface area contributed by atoms with Gasteiger partial charge in [0, 0.05) is 5.56 Å². The number of oxime groups is 1. The van der Waals surface area contributed by atoms with Crippen LogP contribution in [0.4, 0.5) is 0 Å². The summed E-state index contributed by atoms with van der Waals surface area (Å²) in [5.74, 6) is 1.10. The van der Waals surface area contributed by atoms with Crippen molar-refractivity contribution in [2.24, 2.45) is 10.9 Å². The van der Waals surface area contributed by atoms with Gasteiger partial charge in [0.05, 0.1) is 24.0 Å². The Morgan fingerprint density at radius 1 is 1.18 bits per heavy atom. The summed E-state index contributed by atoms with van der Waals surface area (Å²) in [6.45, 7) is 0.926. The fourth-order valence-electron chi connectivity index (χ4n) is 2.03. The van der Waals surface area contributed by atoms with Gasteiger partial charge in [0.1, 0.15) is 26.0 Å². The summed E-state index contributed by atoms with van der Waals surface area (Å²) < 4.78 is 10.3. The van der Waals surface area contributed by atoms with Crippen molar-refractivity contribution in [1.29, 1.82) is 0 Å². The van der Waals surface area contributed by atoms with Crippen LogP contribution in [0.2, 0.25) is 0 Å². The first-order valence-electron chi connectivity index (χ1n) is 6.54. The molecule has 9 nitrogen and oxygen atoms in total. The molecule has 22 heavy (non-hydrogen) atoms. The highest BCUT2D eigenvalue weighted by Gasteiger charge is 2.21. The zero-order chi connectivity index (χ0) is 15.4. The number of ether oxygens (including phenoxy) is 2. The normalized spacial score (nSPS) is 19.4. The van der Waals surface area contributed by atoms with Gasteiger partial charge < -0.3 is 20.0 Å². The molecule has 1 atom stereocenters. The summed E-state index contributed by atoms with van der Waals surface area (Å²) in [5.41, 5.74) is 8.21. The maximum Gasteiger partial charge on any atom is 0.243 e. The molecule has 0 saturated heterocycles. The van der Waals surface area contributed by atoms with Crippen LogP contribution >= 0.6 is 0 Å². The minimum atomic E-state index is -0.0227. The van der Waals surface area contributed by atoms with Gasteiger partial charge in [-0.25, -0.2) is 0 Å². The smallest absolute Gasteiger partial charge is 0.243 e. The molecule has 9 heteroatoms. The van der Waals surface area contributed by atoms with E-state index in [0.29, 0.717) is 25.0 Å². The van der Waals surface area contributed by atoms with Crippen LogP contribution in [0.25, 0.3) is 0 Å². The van der Waals surface area contributed by atoms with Crippen molar-refractivity contribution in [1.82, 2.24) is 20.4 Å². The molecule has 0 saturated carbocycles. The molecule has 4 heterocycles. The number of nitrogens with two attached hydrogens (primary N) is 1. The molecular weight excluding hydrogens is 288 g/mol. The molecule has 0 amide bonds. The first-order valence-corrected chi connectivity index (χ1v) is 6.54. The molecule has 0 aliphatic carbocycles. The minimum absolute atomic E-state index is 0.0227. The number of hydrogen-bond acceptors (Lipinski definition) is 9. The van der Waals surface area contributed by atoms with E-state index in [2.05, 4.69) is 30.4 Å². The second-order valence-electron chi connectivity index (χ2n) is 4.47. The van der Waals surface area contributed by atoms with E-state index in [1.54, 1.807) is 18.5 Å². The predicted octanol–water partition coefficient (Wildman–Crippen LogP) is 0.0883. The van der Waals surface area contributed by atoms with E-state index in [0.717, 1.165) is 16.8 Å². The highest BCUT2D eigenvalue weighted by atomic mass is 16.6. The number of nitrogens with zero attached hydrogens (tertiary/aromatic N) is 5. The molecule has 114 valence electrons. The van der Waals surface area contributed by atoms with E-state index in [1.807, 2.05) is 6.07 Å². The SMILES string of the molecule is CON=C1COc2nnccc21.NC1COc2nnccc21. The van der Waals surface area contributed by atoms with Crippen LogP contribution in [0, 0.1) is 0 Å². The highest BCUT2D eigenvalue weighted by Crippen LogP contribution is 2.26. The maximum absolute atomic E-state index is 5.65. The first-order chi connectivity index (χ1) is 10.8.